The Hall–Kier alpha value is -1.71. The smallest absolute Gasteiger partial charge is 0.191 e. The minimum Gasteiger partial charge on any atom is -0.369 e. The summed E-state index contributed by atoms with van der Waals surface area (Å²) in [5.41, 5.74) is 1.31. The van der Waals surface area contributed by atoms with Gasteiger partial charge in [0, 0.05) is 38.4 Å². The summed E-state index contributed by atoms with van der Waals surface area (Å²) < 4.78 is 0. The van der Waals surface area contributed by atoms with Gasteiger partial charge < -0.3 is 15.5 Å². The lowest BCUT2D eigenvalue weighted by molar-refractivity contribution is 0.652. The largest absolute Gasteiger partial charge is 0.369 e. The first-order valence-electron chi connectivity index (χ1n) is 6.60. The Morgan fingerprint density at radius 1 is 1.39 bits per heavy atom. The van der Waals surface area contributed by atoms with Gasteiger partial charge in [-0.25, -0.2) is 0 Å². The van der Waals surface area contributed by atoms with Gasteiger partial charge in [0.15, 0.2) is 5.96 Å². The fraction of sp³-hybridized carbons (Fsp3) is 0.500. The van der Waals surface area contributed by atoms with Crippen LogP contribution in [-0.2, 0) is 0 Å². The van der Waals surface area contributed by atoms with Crippen molar-refractivity contribution in [2.75, 3.05) is 31.6 Å². The van der Waals surface area contributed by atoms with E-state index in [-0.39, 0.29) is 0 Å². The van der Waals surface area contributed by atoms with Crippen LogP contribution >= 0.6 is 0 Å². The second-order valence-corrected chi connectivity index (χ2v) is 4.51. The molecule has 4 nitrogen and oxygen atoms in total. The van der Waals surface area contributed by atoms with Crippen LogP contribution in [0.3, 0.4) is 0 Å². The average Bonchev–Trinajstić information content (AvgIpc) is 2.88. The Labute approximate surface area is 109 Å². The number of hydrogen-bond donors (Lipinski definition) is 2. The zero-order valence-electron chi connectivity index (χ0n) is 11.2. The predicted octanol–water partition coefficient (Wildman–Crippen LogP) is 1.45. The molecule has 1 saturated heterocycles. The van der Waals surface area contributed by atoms with Gasteiger partial charge in [0.05, 0.1) is 0 Å². The van der Waals surface area contributed by atoms with E-state index >= 15 is 0 Å². The molecule has 1 fully saturated rings. The maximum absolute atomic E-state index is 4.21. The molecule has 1 unspecified atom stereocenters. The predicted molar refractivity (Wildman–Crippen MR) is 77.2 cm³/mol. The summed E-state index contributed by atoms with van der Waals surface area (Å²) in [7, 11) is 1.81. The molecule has 98 valence electrons. The molecule has 0 aromatic heterocycles. The van der Waals surface area contributed by atoms with Gasteiger partial charge in [0.2, 0.25) is 0 Å². The van der Waals surface area contributed by atoms with Crippen molar-refractivity contribution in [2.24, 2.45) is 4.99 Å². The molecular weight excluding hydrogens is 224 g/mol. The molecule has 2 N–H and O–H groups in total. The summed E-state index contributed by atoms with van der Waals surface area (Å²) in [5, 5.41) is 6.70. The van der Waals surface area contributed by atoms with Gasteiger partial charge in [-0.05, 0) is 25.5 Å². The molecule has 2 rings (SSSR count). The third kappa shape index (κ3) is 3.15. The number of para-hydroxylation sites is 1. The lowest BCUT2D eigenvalue weighted by Gasteiger charge is -2.20. The van der Waals surface area contributed by atoms with Crippen LogP contribution in [0.5, 0.6) is 0 Å². The van der Waals surface area contributed by atoms with Crippen molar-refractivity contribution in [2.45, 2.75) is 19.4 Å². The first-order valence-corrected chi connectivity index (χ1v) is 6.60. The van der Waals surface area contributed by atoms with E-state index in [0.717, 1.165) is 32.0 Å². The van der Waals surface area contributed by atoms with Crippen LogP contribution in [-0.4, -0.2) is 38.7 Å². The quantitative estimate of drug-likeness (QED) is 0.626. The molecule has 1 aromatic carbocycles. The molecule has 0 spiro atoms. The van der Waals surface area contributed by atoms with Crippen LogP contribution < -0.4 is 15.5 Å². The second kappa shape index (κ2) is 6.28. The Balaban J connectivity index is 1.89. The van der Waals surface area contributed by atoms with Gasteiger partial charge in [0.25, 0.3) is 0 Å². The van der Waals surface area contributed by atoms with Crippen molar-refractivity contribution in [3.05, 3.63) is 30.3 Å². The molecule has 1 aliphatic heterocycles. The summed E-state index contributed by atoms with van der Waals surface area (Å²) in [6, 6.07) is 11.1. The second-order valence-electron chi connectivity index (χ2n) is 4.51. The van der Waals surface area contributed by atoms with E-state index in [1.54, 1.807) is 0 Å². The molecule has 0 radical (unpaired) electrons. The number of benzene rings is 1. The normalized spacial score (nSPS) is 20.0. The highest BCUT2D eigenvalue weighted by Crippen LogP contribution is 2.19. The van der Waals surface area contributed by atoms with Crippen molar-refractivity contribution in [1.82, 2.24) is 10.6 Å². The number of guanidine groups is 1. The van der Waals surface area contributed by atoms with Gasteiger partial charge in [-0.1, -0.05) is 18.2 Å². The molecule has 1 heterocycles. The van der Waals surface area contributed by atoms with E-state index < -0.39 is 0 Å². The van der Waals surface area contributed by atoms with E-state index in [0.29, 0.717) is 6.04 Å². The van der Waals surface area contributed by atoms with E-state index in [1.807, 2.05) is 7.05 Å². The maximum Gasteiger partial charge on any atom is 0.191 e. The highest BCUT2D eigenvalue weighted by atomic mass is 15.2. The topological polar surface area (TPSA) is 39.7 Å². The number of nitrogens with zero attached hydrogens (tertiary/aromatic N) is 2. The molecule has 1 atom stereocenters. The van der Waals surface area contributed by atoms with E-state index in [9.17, 15) is 0 Å². The average molecular weight is 246 g/mol. The summed E-state index contributed by atoms with van der Waals surface area (Å²) in [4.78, 5) is 6.63. The van der Waals surface area contributed by atoms with Crippen LogP contribution in [0, 0.1) is 0 Å². The van der Waals surface area contributed by atoms with Crippen LogP contribution in [0.2, 0.25) is 0 Å². The standard InChI is InChI=1S/C14H22N4/c1-3-16-14(15-2)17-12-9-10-18(11-12)13-7-5-4-6-8-13/h4-8,12H,3,9-11H2,1-2H3,(H2,15,16,17). The van der Waals surface area contributed by atoms with Crippen LogP contribution in [0.4, 0.5) is 5.69 Å². The summed E-state index contributed by atoms with van der Waals surface area (Å²) in [6.45, 7) is 5.12. The third-order valence-corrected chi connectivity index (χ3v) is 3.22. The zero-order chi connectivity index (χ0) is 12.8. The van der Waals surface area contributed by atoms with Crippen molar-refractivity contribution in [3.63, 3.8) is 0 Å². The van der Waals surface area contributed by atoms with Crippen LogP contribution in [0.1, 0.15) is 13.3 Å². The number of nitrogens with one attached hydrogen (secondary N) is 2. The van der Waals surface area contributed by atoms with Gasteiger partial charge in [-0.3, -0.25) is 4.99 Å². The highest BCUT2D eigenvalue weighted by Gasteiger charge is 2.22. The fourth-order valence-electron chi connectivity index (χ4n) is 2.31. The van der Waals surface area contributed by atoms with Gasteiger partial charge in [-0.15, -0.1) is 0 Å². The molecule has 0 saturated carbocycles. The number of rotatable bonds is 3. The first kappa shape index (κ1) is 12.7. The Bertz CT molecular complexity index is 388. The summed E-state index contributed by atoms with van der Waals surface area (Å²) >= 11 is 0. The van der Waals surface area contributed by atoms with Gasteiger partial charge in [0.1, 0.15) is 0 Å². The molecule has 0 amide bonds. The molecule has 4 heteroatoms. The Morgan fingerprint density at radius 3 is 2.83 bits per heavy atom. The molecule has 0 aliphatic carbocycles. The third-order valence-electron chi connectivity index (χ3n) is 3.22. The molecular formula is C14H22N4. The highest BCUT2D eigenvalue weighted by molar-refractivity contribution is 5.80. The first-order chi connectivity index (χ1) is 8.83. The molecule has 0 bridgehead atoms. The van der Waals surface area contributed by atoms with E-state index in [1.165, 1.54) is 5.69 Å². The number of anilines is 1. The van der Waals surface area contributed by atoms with Crippen LogP contribution in [0.25, 0.3) is 0 Å². The van der Waals surface area contributed by atoms with Gasteiger partial charge >= 0.3 is 0 Å². The molecule has 18 heavy (non-hydrogen) atoms. The number of hydrogen-bond acceptors (Lipinski definition) is 2. The van der Waals surface area contributed by atoms with E-state index in [4.69, 9.17) is 0 Å². The molecule has 1 aliphatic rings. The lowest BCUT2D eigenvalue weighted by Crippen LogP contribution is -2.44. The van der Waals surface area contributed by atoms with Crippen molar-refractivity contribution >= 4 is 11.6 Å². The Morgan fingerprint density at radius 2 is 2.17 bits per heavy atom. The van der Waals surface area contributed by atoms with Crippen molar-refractivity contribution < 1.29 is 0 Å². The van der Waals surface area contributed by atoms with Crippen LogP contribution in [0.15, 0.2) is 35.3 Å². The minimum absolute atomic E-state index is 0.475. The summed E-state index contributed by atoms with van der Waals surface area (Å²) in [5.74, 6) is 0.900. The summed E-state index contributed by atoms with van der Waals surface area (Å²) in [6.07, 6.45) is 1.15. The maximum atomic E-state index is 4.21. The SMILES string of the molecule is CCNC(=NC)NC1CCN(c2ccccc2)C1. The zero-order valence-corrected chi connectivity index (χ0v) is 11.2. The van der Waals surface area contributed by atoms with Crippen molar-refractivity contribution in [3.8, 4) is 0 Å². The minimum atomic E-state index is 0.475. The lowest BCUT2D eigenvalue weighted by atomic mass is 10.3. The number of aliphatic imine (C=N–C) groups is 1. The van der Waals surface area contributed by atoms with Crippen molar-refractivity contribution in [1.29, 1.82) is 0 Å². The Kier molecular flexibility index (Phi) is 4.45. The van der Waals surface area contributed by atoms with E-state index in [2.05, 4.69) is 57.8 Å². The fourth-order valence-corrected chi connectivity index (χ4v) is 2.31. The van der Waals surface area contributed by atoms with Gasteiger partial charge in [-0.2, -0.15) is 0 Å². The molecule has 1 aromatic rings. The monoisotopic (exact) mass is 246 g/mol.